The van der Waals surface area contributed by atoms with Gasteiger partial charge in [-0.1, -0.05) is 23.7 Å². The smallest absolute Gasteiger partial charge is 0.193 e. The Kier molecular flexibility index (Phi) is 5.85. The Morgan fingerprint density at radius 1 is 1.21 bits per heavy atom. The van der Waals surface area contributed by atoms with Crippen molar-refractivity contribution in [2.45, 2.75) is 18.9 Å². The summed E-state index contributed by atoms with van der Waals surface area (Å²) in [6, 6.07) is 8.72. The van der Waals surface area contributed by atoms with Gasteiger partial charge in [-0.05, 0) is 38.6 Å². The fourth-order valence-corrected chi connectivity index (χ4v) is 3.90. The number of nitrogens with one attached hydrogen (secondary N) is 1. The Labute approximate surface area is 150 Å². The molecule has 2 aliphatic heterocycles. The number of rotatable bonds is 3. The van der Waals surface area contributed by atoms with Gasteiger partial charge in [-0.15, -0.1) is 0 Å². The lowest BCUT2D eigenvalue weighted by Gasteiger charge is -2.38. The van der Waals surface area contributed by atoms with Crippen molar-refractivity contribution in [3.8, 4) is 0 Å². The maximum Gasteiger partial charge on any atom is 0.193 e. The summed E-state index contributed by atoms with van der Waals surface area (Å²) in [5, 5.41) is 4.40. The molecule has 3 rings (SSSR count). The number of hydrogen-bond acceptors (Lipinski definition) is 3. The van der Waals surface area contributed by atoms with Gasteiger partial charge in [0.25, 0.3) is 0 Å². The van der Waals surface area contributed by atoms with Crippen molar-refractivity contribution in [3.63, 3.8) is 0 Å². The third-order valence-corrected chi connectivity index (χ3v) is 5.47. The number of piperazine rings is 1. The van der Waals surface area contributed by atoms with E-state index in [-0.39, 0.29) is 0 Å². The Hall–Kier alpha value is -1.46. The van der Waals surface area contributed by atoms with E-state index in [0.717, 1.165) is 49.4 Å². The molecule has 0 aromatic heterocycles. The summed E-state index contributed by atoms with van der Waals surface area (Å²) in [4.78, 5) is 11.6. The molecule has 0 bridgehead atoms. The SMILES string of the molecule is CN=C(NCC1CCCN1C)N1CCN(c2ccccc2Cl)CC1. The lowest BCUT2D eigenvalue weighted by molar-refractivity contribution is 0.303. The molecule has 1 unspecified atom stereocenters. The summed E-state index contributed by atoms with van der Waals surface area (Å²) < 4.78 is 0. The van der Waals surface area contributed by atoms with E-state index in [1.807, 2.05) is 25.2 Å². The quantitative estimate of drug-likeness (QED) is 0.669. The molecule has 6 heteroatoms. The van der Waals surface area contributed by atoms with Crippen molar-refractivity contribution in [2.24, 2.45) is 4.99 Å². The van der Waals surface area contributed by atoms with Crippen molar-refractivity contribution >= 4 is 23.2 Å². The molecule has 132 valence electrons. The van der Waals surface area contributed by atoms with Gasteiger partial charge in [0.2, 0.25) is 0 Å². The second-order valence-corrected chi connectivity index (χ2v) is 7.04. The van der Waals surface area contributed by atoms with Crippen LogP contribution < -0.4 is 10.2 Å². The Balaban J connectivity index is 1.52. The molecule has 2 saturated heterocycles. The van der Waals surface area contributed by atoms with E-state index in [2.05, 4.69) is 38.1 Å². The van der Waals surface area contributed by atoms with Crippen LogP contribution in [0.15, 0.2) is 29.3 Å². The maximum atomic E-state index is 6.32. The molecule has 0 radical (unpaired) electrons. The van der Waals surface area contributed by atoms with Gasteiger partial charge >= 0.3 is 0 Å². The van der Waals surface area contributed by atoms with E-state index in [1.54, 1.807) is 0 Å². The van der Waals surface area contributed by atoms with Gasteiger partial charge in [0.05, 0.1) is 10.7 Å². The monoisotopic (exact) mass is 349 g/mol. The fourth-order valence-electron chi connectivity index (χ4n) is 3.65. The summed E-state index contributed by atoms with van der Waals surface area (Å²) in [6.45, 7) is 6.05. The lowest BCUT2D eigenvalue weighted by atomic mass is 10.2. The minimum absolute atomic E-state index is 0.631. The van der Waals surface area contributed by atoms with Gasteiger partial charge in [0, 0.05) is 45.8 Å². The maximum absolute atomic E-state index is 6.32. The molecule has 1 atom stereocenters. The molecule has 2 fully saturated rings. The number of aliphatic imine (C=N–C) groups is 1. The van der Waals surface area contributed by atoms with Crippen molar-refractivity contribution in [1.82, 2.24) is 15.1 Å². The summed E-state index contributed by atoms with van der Waals surface area (Å²) >= 11 is 6.32. The van der Waals surface area contributed by atoms with Gasteiger partial charge in [-0.3, -0.25) is 4.99 Å². The first-order valence-electron chi connectivity index (χ1n) is 8.84. The summed E-state index contributed by atoms with van der Waals surface area (Å²) in [5.41, 5.74) is 1.13. The van der Waals surface area contributed by atoms with E-state index < -0.39 is 0 Å². The van der Waals surface area contributed by atoms with E-state index in [0.29, 0.717) is 6.04 Å². The average molecular weight is 350 g/mol. The predicted molar refractivity (Wildman–Crippen MR) is 102 cm³/mol. The zero-order valence-corrected chi connectivity index (χ0v) is 15.5. The number of anilines is 1. The Bertz CT molecular complexity index is 568. The number of nitrogens with zero attached hydrogens (tertiary/aromatic N) is 4. The molecule has 0 spiro atoms. The third kappa shape index (κ3) is 3.95. The highest BCUT2D eigenvalue weighted by Gasteiger charge is 2.24. The zero-order chi connectivity index (χ0) is 16.9. The van der Waals surface area contributed by atoms with Crippen LogP contribution in [-0.2, 0) is 0 Å². The van der Waals surface area contributed by atoms with E-state index in [9.17, 15) is 0 Å². The number of likely N-dealkylation sites (tertiary alicyclic amines) is 1. The highest BCUT2D eigenvalue weighted by Crippen LogP contribution is 2.26. The summed E-state index contributed by atoms with van der Waals surface area (Å²) in [6.07, 6.45) is 2.58. The number of benzene rings is 1. The van der Waals surface area contributed by atoms with Crippen LogP contribution in [-0.4, -0.2) is 75.2 Å². The number of para-hydroxylation sites is 1. The van der Waals surface area contributed by atoms with Gasteiger partial charge in [-0.2, -0.15) is 0 Å². The molecule has 0 amide bonds. The van der Waals surface area contributed by atoms with Crippen LogP contribution in [0.5, 0.6) is 0 Å². The van der Waals surface area contributed by atoms with E-state index >= 15 is 0 Å². The number of guanidine groups is 1. The van der Waals surface area contributed by atoms with Crippen LogP contribution >= 0.6 is 11.6 Å². The average Bonchev–Trinajstić information content (AvgIpc) is 3.02. The molecule has 0 aliphatic carbocycles. The predicted octanol–water partition coefficient (Wildman–Crippen LogP) is 2.13. The first kappa shape index (κ1) is 17.4. The largest absolute Gasteiger partial charge is 0.367 e. The minimum atomic E-state index is 0.631. The standard InChI is InChI=1S/C18H28ClN5/c1-20-18(21-14-15-6-5-9-22(15)2)24-12-10-23(11-13-24)17-8-4-3-7-16(17)19/h3-4,7-8,15H,5-6,9-14H2,1-2H3,(H,20,21). The minimum Gasteiger partial charge on any atom is -0.367 e. The van der Waals surface area contributed by atoms with Crippen molar-refractivity contribution < 1.29 is 0 Å². The number of halogens is 1. The van der Waals surface area contributed by atoms with Crippen molar-refractivity contribution in [3.05, 3.63) is 29.3 Å². The third-order valence-electron chi connectivity index (χ3n) is 5.15. The second kappa shape index (κ2) is 8.08. The van der Waals surface area contributed by atoms with Crippen LogP contribution in [0, 0.1) is 0 Å². The summed E-state index contributed by atoms with van der Waals surface area (Å²) in [7, 11) is 4.09. The molecule has 1 aromatic rings. The zero-order valence-electron chi connectivity index (χ0n) is 14.7. The normalized spacial score (nSPS) is 23.0. The molecule has 2 heterocycles. The van der Waals surface area contributed by atoms with Gasteiger partial charge in [-0.25, -0.2) is 0 Å². The van der Waals surface area contributed by atoms with Crippen LogP contribution in [0.1, 0.15) is 12.8 Å². The Morgan fingerprint density at radius 2 is 1.96 bits per heavy atom. The van der Waals surface area contributed by atoms with Crippen LogP contribution in [0.3, 0.4) is 0 Å². The van der Waals surface area contributed by atoms with Gasteiger partial charge in [0.1, 0.15) is 0 Å². The second-order valence-electron chi connectivity index (χ2n) is 6.63. The number of hydrogen-bond donors (Lipinski definition) is 1. The highest BCUT2D eigenvalue weighted by molar-refractivity contribution is 6.33. The van der Waals surface area contributed by atoms with E-state index in [1.165, 1.54) is 19.4 Å². The van der Waals surface area contributed by atoms with Crippen molar-refractivity contribution in [1.29, 1.82) is 0 Å². The first-order chi connectivity index (χ1) is 11.7. The van der Waals surface area contributed by atoms with Gasteiger partial charge < -0.3 is 20.0 Å². The number of likely N-dealkylation sites (N-methyl/N-ethyl adjacent to an activating group) is 1. The van der Waals surface area contributed by atoms with Crippen LogP contribution in [0.4, 0.5) is 5.69 Å². The highest BCUT2D eigenvalue weighted by atomic mass is 35.5. The van der Waals surface area contributed by atoms with Crippen LogP contribution in [0.2, 0.25) is 5.02 Å². The summed E-state index contributed by atoms with van der Waals surface area (Å²) in [5.74, 6) is 1.02. The molecule has 1 aromatic carbocycles. The molecular weight excluding hydrogens is 322 g/mol. The molecule has 5 nitrogen and oxygen atoms in total. The fraction of sp³-hybridized carbons (Fsp3) is 0.611. The van der Waals surface area contributed by atoms with Crippen molar-refractivity contribution in [2.75, 3.05) is 58.3 Å². The first-order valence-corrected chi connectivity index (χ1v) is 9.22. The lowest BCUT2D eigenvalue weighted by Crippen LogP contribution is -2.54. The molecule has 0 saturated carbocycles. The Morgan fingerprint density at radius 3 is 2.58 bits per heavy atom. The molecular formula is C18H28ClN5. The van der Waals surface area contributed by atoms with Crippen LogP contribution in [0.25, 0.3) is 0 Å². The molecule has 2 aliphatic rings. The molecule has 1 N–H and O–H groups in total. The topological polar surface area (TPSA) is 34.1 Å². The molecule has 24 heavy (non-hydrogen) atoms. The van der Waals surface area contributed by atoms with Gasteiger partial charge in [0.15, 0.2) is 5.96 Å². The van der Waals surface area contributed by atoms with E-state index in [4.69, 9.17) is 11.6 Å².